The molecule has 0 aliphatic carbocycles. The van der Waals surface area contributed by atoms with E-state index in [1.54, 1.807) is 30.3 Å². The van der Waals surface area contributed by atoms with Crippen molar-refractivity contribution >= 4 is 11.8 Å². The van der Waals surface area contributed by atoms with Crippen LogP contribution in [0, 0.1) is 11.6 Å². The average Bonchev–Trinajstić information content (AvgIpc) is 2.83. The van der Waals surface area contributed by atoms with Gasteiger partial charge in [0.15, 0.2) is 0 Å². The van der Waals surface area contributed by atoms with Crippen LogP contribution in [0.1, 0.15) is 30.0 Å². The third kappa shape index (κ3) is 6.97. The lowest BCUT2D eigenvalue weighted by Crippen LogP contribution is -2.51. The lowest BCUT2D eigenvalue weighted by Gasteiger charge is -2.31. The molecule has 1 N–H and O–H groups in total. The number of halogens is 2. The Bertz CT molecular complexity index is 1060. The van der Waals surface area contributed by atoms with Crippen LogP contribution in [0.3, 0.4) is 0 Å². The molecule has 172 valence electrons. The van der Waals surface area contributed by atoms with Crippen LogP contribution in [0.25, 0.3) is 0 Å². The zero-order chi connectivity index (χ0) is 23.6. The van der Waals surface area contributed by atoms with Gasteiger partial charge in [-0.2, -0.15) is 0 Å². The van der Waals surface area contributed by atoms with Gasteiger partial charge >= 0.3 is 0 Å². The van der Waals surface area contributed by atoms with Crippen LogP contribution in [-0.4, -0.2) is 29.3 Å². The van der Waals surface area contributed by atoms with E-state index in [9.17, 15) is 18.4 Å². The number of hydrogen-bond donors (Lipinski definition) is 1. The fraction of sp³-hybridized carbons (Fsp3) is 0.259. The molecule has 0 aromatic heterocycles. The van der Waals surface area contributed by atoms with E-state index in [0.29, 0.717) is 18.5 Å². The van der Waals surface area contributed by atoms with E-state index in [0.717, 1.165) is 12.0 Å². The van der Waals surface area contributed by atoms with Crippen molar-refractivity contribution in [1.29, 1.82) is 0 Å². The molecule has 0 unspecified atom stereocenters. The SMILES string of the molecule is CCCNC(=O)[C@H](Cc1ccccc1)N(Cc1ccc(F)cc1)C(=O)Cc1ccccc1F. The predicted octanol–water partition coefficient (Wildman–Crippen LogP) is 4.67. The second-order valence-electron chi connectivity index (χ2n) is 7.91. The summed E-state index contributed by atoms with van der Waals surface area (Å²) in [6.07, 6.45) is 0.881. The van der Waals surface area contributed by atoms with Crippen molar-refractivity contribution < 1.29 is 18.4 Å². The fourth-order valence-electron chi connectivity index (χ4n) is 3.61. The summed E-state index contributed by atoms with van der Waals surface area (Å²) in [5, 5.41) is 2.89. The molecule has 2 amide bonds. The van der Waals surface area contributed by atoms with Crippen LogP contribution in [0.4, 0.5) is 8.78 Å². The molecule has 0 spiro atoms. The second-order valence-corrected chi connectivity index (χ2v) is 7.91. The second kappa shape index (κ2) is 11.9. The molecule has 0 aliphatic rings. The molecular formula is C27H28F2N2O2. The summed E-state index contributed by atoms with van der Waals surface area (Å²) < 4.78 is 27.7. The minimum Gasteiger partial charge on any atom is -0.354 e. The van der Waals surface area contributed by atoms with E-state index in [1.807, 2.05) is 37.3 Å². The molecule has 0 radical (unpaired) electrons. The highest BCUT2D eigenvalue weighted by Crippen LogP contribution is 2.18. The van der Waals surface area contributed by atoms with E-state index in [-0.39, 0.29) is 36.2 Å². The van der Waals surface area contributed by atoms with Crippen molar-refractivity contribution in [3.63, 3.8) is 0 Å². The largest absolute Gasteiger partial charge is 0.354 e. The summed E-state index contributed by atoms with van der Waals surface area (Å²) in [4.78, 5) is 28.1. The number of rotatable bonds is 10. The molecule has 6 heteroatoms. The van der Waals surface area contributed by atoms with Crippen LogP contribution in [-0.2, 0) is 29.0 Å². The van der Waals surface area contributed by atoms with Gasteiger partial charge in [-0.15, -0.1) is 0 Å². The highest BCUT2D eigenvalue weighted by molar-refractivity contribution is 5.88. The van der Waals surface area contributed by atoms with Gasteiger partial charge in [0.25, 0.3) is 0 Å². The van der Waals surface area contributed by atoms with Crippen LogP contribution < -0.4 is 5.32 Å². The molecule has 0 bridgehead atoms. The Morgan fingerprint density at radius 1 is 0.879 bits per heavy atom. The molecule has 0 saturated carbocycles. The van der Waals surface area contributed by atoms with Crippen LogP contribution in [0.5, 0.6) is 0 Å². The van der Waals surface area contributed by atoms with Crippen molar-refractivity contribution in [2.24, 2.45) is 0 Å². The number of carbonyl (C=O) groups is 2. The zero-order valence-corrected chi connectivity index (χ0v) is 18.6. The van der Waals surface area contributed by atoms with E-state index >= 15 is 0 Å². The predicted molar refractivity (Wildman–Crippen MR) is 124 cm³/mol. The Kier molecular flexibility index (Phi) is 8.70. The van der Waals surface area contributed by atoms with Crippen LogP contribution in [0.2, 0.25) is 0 Å². The first-order chi connectivity index (χ1) is 16.0. The minimum absolute atomic E-state index is 0.102. The van der Waals surface area contributed by atoms with E-state index in [1.165, 1.54) is 23.1 Å². The Morgan fingerprint density at radius 3 is 2.21 bits per heavy atom. The number of hydrogen-bond acceptors (Lipinski definition) is 2. The molecule has 1 atom stereocenters. The Morgan fingerprint density at radius 2 is 1.55 bits per heavy atom. The van der Waals surface area contributed by atoms with Crippen molar-refractivity contribution in [3.05, 3.63) is 107 Å². The first-order valence-corrected chi connectivity index (χ1v) is 11.1. The maximum Gasteiger partial charge on any atom is 0.243 e. The van der Waals surface area contributed by atoms with Crippen LogP contribution in [0.15, 0.2) is 78.9 Å². The van der Waals surface area contributed by atoms with Gasteiger partial charge < -0.3 is 10.2 Å². The summed E-state index contributed by atoms with van der Waals surface area (Å²) in [6.45, 7) is 2.53. The van der Waals surface area contributed by atoms with Gasteiger partial charge in [-0.3, -0.25) is 9.59 Å². The number of nitrogens with zero attached hydrogens (tertiary/aromatic N) is 1. The summed E-state index contributed by atoms with van der Waals surface area (Å²) in [5.74, 6) is -1.51. The third-order valence-corrected chi connectivity index (χ3v) is 5.39. The number of nitrogens with one attached hydrogen (secondary N) is 1. The van der Waals surface area contributed by atoms with Crippen molar-refractivity contribution in [1.82, 2.24) is 10.2 Å². The Labute approximate surface area is 193 Å². The zero-order valence-electron chi connectivity index (χ0n) is 18.6. The molecule has 0 fully saturated rings. The fourth-order valence-corrected chi connectivity index (χ4v) is 3.61. The summed E-state index contributed by atoms with van der Waals surface area (Å²) in [6, 6.07) is 20.5. The topological polar surface area (TPSA) is 49.4 Å². The molecule has 3 aromatic carbocycles. The quantitative estimate of drug-likeness (QED) is 0.488. The monoisotopic (exact) mass is 450 g/mol. The van der Waals surface area contributed by atoms with E-state index < -0.39 is 11.9 Å². The molecule has 0 aliphatic heterocycles. The van der Waals surface area contributed by atoms with Gasteiger partial charge in [0.1, 0.15) is 17.7 Å². The van der Waals surface area contributed by atoms with Gasteiger partial charge in [0, 0.05) is 19.5 Å². The first-order valence-electron chi connectivity index (χ1n) is 11.1. The highest BCUT2D eigenvalue weighted by atomic mass is 19.1. The summed E-state index contributed by atoms with van der Waals surface area (Å²) >= 11 is 0. The Balaban J connectivity index is 1.95. The van der Waals surface area contributed by atoms with Gasteiger partial charge in [0.05, 0.1) is 6.42 Å². The lowest BCUT2D eigenvalue weighted by molar-refractivity contribution is -0.140. The normalized spacial score (nSPS) is 11.6. The molecule has 0 heterocycles. The highest BCUT2D eigenvalue weighted by Gasteiger charge is 2.30. The molecule has 0 saturated heterocycles. The maximum atomic E-state index is 14.3. The maximum absolute atomic E-state index is 14.3. The van der Waals surface area contributed by atoms with Crippen molar-refractivity contribution in [2.75, 3.05) is 6.54 Å². The van der Waals surface area contributed by atoms with Crippen LogP contribution >= 0.6 is 0 Å². The summed E-state index contributed by atoms with van der Waals surface area (Å²) in [5.41, 5.74) is 1.84. The van der Waals surface area contributed by atoms with Gasteiger partial charge in [-0.1, -0.05) is 67.6 Å². The molecular weight excluding hydrogens is 422 g/mol. The number of amides is 2. The van der Waals surface area contributed by atoms with Crippen molar-refractivity contribution in [2.45, 2.75) is 38.8 Å². The van der Waals surface area contributed by atoms with Gasteiger partial charge in [-0.05, 0) is 41.3 Å². The number of benzene rings is 3. The van der Waals surface area contributed by atoms with Crippen molar-refractivity contribution in [3.8, 4) is 0 Å². The lowest BCUT2D eigenvalue weighted by atomic mass is 10.0. The molecule has 4 nitrogen and oxygen atoms in total. The van der Waals surface area contributed by atoms with E-state index in [2.05, 4.69) is 5.32 Å². The van der Waals surface area contributed by atoms with Gasteiger partial charge in [0.2, 0.25) is 11.8 Å². The third-order valence-electron chi connectivity index (χ3n) is 5.39. The first kappa shape index (κ1) is 24.1. The van der Waals surface area contributed by atoms with E-state index in [4.69, 9.17) is 0 Å². The molecule has 3 aromatic rings. The summed E-state index contributed by atoms with van der Waals surface area (Å²) in [7, 11) is 0. The number of carbonyl (C=O) groups excluding carboxylic acids is 2. The molecule has 3 rings (SSSR count). The molecule has 33 heavy (non-hydrogen) atoms. The smallest absolute Gasteiger partial charge is 0.243 e. The standard InChI is InChI=1S/C27H28F2N2O2/c1-2-16-30-27(33)25(17-20-8-4-3-5-9-20)31(19-21-12-14-23(28)15-13-21)26(32)18-22-10-6-7-11-24(22)29/h3-15,25H,2,16-19H2,1H3,(H,30,33)/t25-/m0/s1. The minimum atomic E-state index is -0.803. The van der Waals surface area contributed by atoms with Gasteiger partial charge in [-0.25, -0.2) is 8.78 Å². The average molecular weight is 451 g/mol. The Hall–Kier alpha value is -3.54.